The summed E-state index contributed by atoms with van der Waals surface area (Å²) in [6.07, 6.45) is 0. The number of rotatable bonds is 4. The van der Waals surface area contributed by atoms with E-state index in [1.807, 2.05) is 0 Å². The van der Waals surface area contributed by atoms with Gasteiger partial charge in [-0.15, -0.1) is 0 Å². The molecule has 1 aliphatic heterocycles. The van der Waals surface area contributed by atoms with E-state index in [2.05, 4.69) is 110 Å². The number of likely N-dealkylation sites (tertiary alicyclic amines) is 1. The van der Waals surface area contributed by atoms with E-state index in [0.29, 0.717) is 17.9 Å². The first kappa shape index (κ1) is 16.8. The molecule has 0 N–H and O–H groups in total. The molecule has 3 aromatic carbocycles. The molecule has 130 valence electrons. The van der Waals surface area contributed by atoms with E-state index in [9.17, 15) is 0 Å². The zero-order valence-corrected chi connectivity index (χ0v) is 15.3. The van der Waals surface area contributed by atoms with Crippen LogP contribution in [0.5, 0.6) is 0 Å². The minimum Gasteiger partial charge on any atom is -0.298 e. The topological polar surface area (TPSA) is 3.24 Å². The Balaban J connectivity index is 1.79. The summed E-state index contributed by atoms with van der Waals surface area (Å²) in [4.78, 5) is 2.49. The summed E-state index contributed by atoms with van der Waals surface area (Å²) in [5, 5.41) is 0. The second-order valence-electron chi connectivity index (χ2n) is 7.23. The average Bonchev–Trinajstić information content (AvgIpc) is 3.06. The van der Waals surface area contributed by atoms with Crippen LogP contribution >= 0.6 is 0 Å². The van der Waals surface area contributed by atoms with Crippen molar-refractivity contribution in [3.8, 4) is 0 Å². The number of hydrogen-bond acceptors (Lipinski definition) is 1. The SMILES string of the molecule is C=C(c1ccccc1)[C@H]1C(c2ccccc2)N(C)C[C@H]1c1ccccc1. The molecule has 3 aromatic rings. The summed E-state index contributed by atoms with van der Waals surface area (Å²) in [7, 11) is 2.24. The standard InChI is InChI=1S/C25H25N/c1-19(20-12-6-3-7-13-20)24-23(21-14-8-4-9-15-21)18-26(2)25(24)22-16-10-5-11-17-22/h3-17,23-25H,1,18H2,2H3/t23-,24+,25?/m0/s1. The van der Waals surface area contributed by atoms with Crippen LogP contribution in [-0.2, 0) is 0 Å². The highest BCUT2D eigenvalue weighted by molar-refractivity contribution is 5.68. The fraction of sp³-hybridized carbons (Fsp3) is 0.200. The Labute approximate surface area is 156 Å². The van der Waals surface area contributed by atoms with Crippen LogP contribution in [-0.4, -0.2) is 18.5 Å². The molecule has 0 amide bonds. The molecule has 1 heterocycles. The Morgan fingerprint density at radius 3 is 1.85 bits per heavy atom. The van der Waals surface area contributed by atoms with Crippen molar-refractivity contribution < 1.29 is 0 Å². The monoisotopic (exact) mass is 339 g/mol. The maximum atomic E-state index is 4.57. The third-order valence-corrected chi connectivity index (χ3v) is 5.65. The van der Waals surface area contributed by atoms with Crippen molar-refractivity contribution in [2.75, 3.05) is 13.6 Å². The largest absolute Gasteiger partial charge is 0.298 e. The molecular weight excluding hydrogens is 314 g/mol. The Kier molecular flexibility index (Phi) is 4.73. The van der Waals surface area contributed by atoms with E-state index in [0.717, 1.165) is 6.54 Å². The minimum atomic E-state index is 0.342. The molecule has 0 aliphatic carbocycles. The summed E-state index contributed by atoms with van der Waals surface area (Å²) >= 11 is 0. The summed E-state index contributed by atoms with van der Waals surface area (Å²) in [6, 6.07) is 32.8. The maximum Gasteiger partial charge on any atom is 0.0420 e. The van der Waals surface area contributed by atoms with E-state index < -0.39 is 0 Å². The first-order valence-electron chi connectivity index (χ1n) is 9.30. The fourth-order valence-electron chi connectivity index (χ4n) is 4.43. The zero-order valence-electron chi connectivity index (χ0n) is 15.3. The number of likely N-dealkylation sites (N-methyl/N-ethyl adjacent to an activating group) is 1. The molecule has 1 unspecified atom stereocenters. The summed E-state index contributed by atoms with van der Waals surface area (Å²) in [6.45, 7) is 5.61. The van der Waals surface area contributed by atoms with Crippen molar-refractivity contribution >= 4 is 5.57 Å². The van der Waals surface area contributed by atoms with E-state index in [1.165, 1.54) is 22.3 Å². The summed E-state index contributed by atoms with van der Waals surface area (Å²) < 4.78 is 0. The molecule has 0 bridgehead atoms. The number of hydrogen-bond donors (Lipinski definition) is 0. The van der Waals surface area contributed by atoms with Crippen molar-refractivity contribution in [1.82, 2.24) is 4.90 Å². The molecule has 1 nitrogen and oxygen atoms in total. The van der Waals surface area contributed by atoms with Gasteiger partial charge in [-0.2, -0.15) is 0 Å². The van der Waals surface area contributed by atoms with Gasteiger partial charge in [-0.1, -0.05) is 97.6 Å². The van der Waals surface area contributed by atoms with Gasteiger partial charge in [0.1, 0.15) is 0 Å². The normalized spacial score (nSPS) is 23.0. The summed E-state index contributed by atoms with van der Waals surface area (Å²) in [5.41, 5.74) is 5.25. The van der Waals surface area contributed by atoms with Crippen molar-refractivity contribution in [2.45, 2.75) is 12.0 Å². The average molecular weight is 339 g/mol. The molecule has 1 fully saturated rings. The van der Waals surface area contributed by atoms with Crippen molar-refractivity contribution in [2.24, 2.45) is 5.92 Å². The Morgan fingerprint density at radius 2 is 1.27 bits per heavy atom. The molecule has 0 aromatic heterocycles. The van der Waals surface area contributed by atoms with Crippen molar-refractivity contribution in [1.29, 1.82) is 0 Å². The van der Waals surface area contributed by atoms with Crippen LogP contribution in [0.15, 0.2) is 97.6 Å². The van der Waals surface area contributed by atoms with Gasteiger partial charge in [0.15, 0.2) is 0 Å². The molecule has 0 radical (unpaired) electrons. The molecular formula is C25H25N. The molecule has 0 saturated carbocycles. The maximum absolute atomic E-state index is 4.57. The van der Waals surface area contributed by atoms with Crippen LogP contribution in [0.25, 0.3) is 5.57 Å². The minimum absolute atomic E-state index is 0.342. The van der Waals surface area contributed by atoms with Crippen molar-refractivity contribution in [3.05, 3.63) is 114 Å². The number of nitrogens with zero attached hydrogens (tertiary/aromatic N) is 1. The molecule has 1 saturated heterocycles. The Hall–Kier alpha value is -2.64. The third-order valence-electron chi connectivity index (χ3n) is 5.65. The highest BCUT2D eigenvalue weighted by Gasteiger charge is 2.42. The first-order chi connectivity index (χ1) is 12.8. The highest BCUT2D eigenvalue weighted by atomic mass is 15.2. The van der Waals surface area contributed by atoms with Crippen LogP contribution < -0.4 is 0 Å². The number of benzene rings is 3. The van der Waals surface area contributed by atoms with Crippen LogP contribution in [0, 0.1) is 5.92 Å². The van der Waals surface area contributed by atoms with Gasteiger partial charge in [0.25, 0.3) is 0 Å². The van der Waals surface area contributed by atoms with E-state index in [-0.39, 0.29) is 0 Å². The molecule has 26 heavy (non-hydrogen) atoms. The lowest BCUT2D eigenvalue weighted by Gasteiger charge is -2.29. The lowest BCUT2D eigenvalue weighted by Crippen LogP contribution is -2.21. The van der Waals surface area contributed by atoms with Gasteiger partial charge in [0.2, 0.25) is 0 Å². The van der Waals surface area contributed by atoms with Crippen LogP contribution in [0.3, 0.4) is 0 Å². The van der Waals surface area contributed by atoms with Gasteiger partial charge in [-0.25, -0.2) is 0 Å². The van der Waals surface area contributed by atoms with Gasteiger partial charge in [-0.05, 0) is 29.3 Å². The lowest BCUT2D eigenvalue weighted by molar-refractivity contribution is 0.299. The van der Waals surface area contributed by atoms with Crippen LogP contribution in [0.4, 0.5) is 0 Å². The molecule has 1 heteroatoms. The van der Waals surface area contributed by atoms with Gasteiger partial charge in [0, 0.05) is 24.4 Å². The van der Waals surface area contributed by atoms with E-state index >= 15 is 0 Å². The second-order valence-corrected chi connectivity index (χ2v) is 7.23. The quantitative estimate of drug-likeness (QED) is 0.582. The predicted molar refractivity (Wildman–Crippen MR) is 110 cm³/mol. The fourth-order valence-corrected chi connectivity index (χ4v) is 4.43. The third kappa shape index (κ3) is 3.11. The van der Waals surface area contributed by atoms with E-state index in [1.54, 1.807) is 0 Å². The van der Waals surface area contributed by atoms with Crippen LogP contribution in [0.2, 0.25) is 0 Å². The van der Waals surface area contributed by atoms with Gasteiger partial charge < -0.3 is 0 Å². The van der Waals surface area contributed by atoms with Gasteiger partial charge in [0.05, 0.1) is 0 Å². The molecule has 0 spiro atoms. The van der Waals surface area contributed by atoms with Gasteiger partial charge >= 0.3 is 0 Å². The smallest absolute Gasteiger partial charge is 0.0420 e. The van der Waals surface area contributed by atoms with Crippen molar-refractivity contribution in [3.63, 3.8) is 0 Å². The Bertz CT molecular complexity index is 854. The summed E-state index contributed by atoms with van der Waals surface area (Å²) in [5.74, 6) is 0.798. The molecule has 3 atom stereocenters. The molecule has 4 rings (SSSR count). The second kappa shape index (κ2) is 7.31. The van der Waals surface area contributed by atoms with Gasteiger partial charge in [-0.3, -0.25) is 4.90 Å². The predicted octanol–water partition coefficient (Wildman–Crippen LogP) is 5.79. The zero-order chi connectivity index (χ0) is 17.9. The first-order valence-corrected chi connectivity index (χ1v) is 9.30. The van der Waals surface area contributed by atoms with Crippen LogP contribution in [0.1, 0.15) is 28.7 Å². The Morgan fingerprint density at radius 1 is 0.769 bits per heavy atom. The highest BCUT2D eigenvalue weighted by Crippen LogP contribution is 2.50. The lowest BCUT2D eigenvalue weighted by atomic mass is 9.76. The molecule has 1 aliphatic rings. The van der Waals surface area contributed by atoms with E-state index in [4.69, 9.17) is 0 Å².